The summed E-state index contributed by atoms with van der Waals surface area (Å²) in [6, 6.07) is 1.62. The summed E-state index contributed by atoms with van der Waals surface area (Å²) in [4.78, 5) is 12.0. The van der Waals surface area contributed by atoms with Gasteiger partial charge < -0.3 is 20.3 Å². The van der Waals surface area contributed by atoms with E-state index >= 15 is 0 Å². The Morgan fingerprint density at radius 1 is 1.41 bits per heavy atom. The van der Waals surface area contributed by atoms with Crippen molar-refractivity contribution in [2.24, 2.45) is 11.7 Å². The number of alkyl carbamates (subject to hydrolysis) is 1. The molecule has 0 saturated carbocycles. The maximum Gasteiger partial charge on any atom is 0.408 e. The van der Waals surface area contributed by atoms with E-state index < -0.39 is 11.7 Å². The Morgan fingerprint density at radius 2 is 2.05 bits per heavy atom. The molecule has 1 aromatic heterocycles. The molecule has 6 nitrogen and oxygen atoms in total. The fraction of sp³-hybridized carbons (Fsp3) is 0.750. The van der Waals surface area contributed by atoms with Gasteiger partial charge in [0.2, 0.25) is 0 Å². The first-order valence-corrected chi connectivity index (χ1v) is 7.77. The Morgan fingerprint density at radius 3 is 2.55 bits per heavy atom. The second kappa shape index (κ2) is 7.63. The fourth-order valence-electron chi connectivity index (χ4n) is 2.08. The van der Waals surface area contributed by atoms with Crippen molar-refractivity contribution in [2.45, 2.75) is 72.1 Å². The number of rotatable bonds is 6. The highest BCUT2D eigenvalue weighted by Crippen LogP contribution is 2.22. The Kier molecular flexibility index (Phi) is 6.41. The smallest absolute Gasteiger partial charge is 0.408 e. The van der Waals surface area contributed by atoms with Gasteiger partial charge in [-0.1, -0.05) is 19.0 Å². The number of nitrogens with two attached hydrogens (primary N) is 1. The van der Waals surface area contributed by atoms with Gasteiger partial charge in [-0.25, -0.2) is 4.79 Å². The summed E-state index contributed by atoms with van der Waals surface area (Å²) in [6.45, 7) is 11.6. The lowest BCUT2D eigenvalue weighted by Crippen LogP contribution is -2.35. The Balaban J connectivity index is 2.79. The molecule has 1 heterocycles. The SMILES string of the molecule is CC(C)CC(NC(=O)OC(C)(C)C)c1cc(CC(C)N)on1. The molecule has 0 spiro atoms. The van der Waals surface area contributed by atoms with Crippen LogP contribution in [-0.2, 0) is 11.2 Å². The molecule has 126 valence electrons. The number of ether oxygens (including phenoxy) is 1. The van der Waals surface area contributed by atoms with E-state index in [0.29, 0.717) is 18.0 Å². The van der Waals surface area contributed by atoms with Crippen LogP contribution in [0.25, 0.3) is 0 Å². The number of aromatic nitrogens is 1. The Bertz CT molecular complexity index is 475. The molecule has 1 rings (SSSR count). The van der Waals surface area contributed by atoms with Crippen LogP contribution in [0.1, 0.15) is 65.5 Å². The van der Waals surface area contributed by atoms with Gasteiger partial charge in [0.05, 0.1) is 6.04 Å². The van der Waals surface area contributed by atoms with Gasteiger partial charge in [-0.15, -0.1) is 0 Å². The first-order chi connectivity index (χ1) is 10.1. The molecule has 0 bridgehead atoms. The van der Waals surface area contributed by atoms with Crippen LogP contribution in [0.3, 0.4) is 0 Å². The number of carbonyl (C=O) groups is 1. The predicted octanol–water partition coefficient (Wildman–Crippen LogP) is 3.18. The van der Waals surface area contributed by atoms with Crippen LogP contribution >= 0.6 is 0 Å². The first-order valence-electron chi connectivity index (χ1n) is 7.77. The molecule has 3 N–H and O–H groups in total. The number of nitrogens with one attached hydrogen (secondary N) is 1. The van der Waals surface area contributed by atoms with E-state index in [1.165, 1.54) is 0 Å². The number of carbonyl (C=O) groups excluding carboxylic acids is 1. The molecule has 22 heavy (non-hydrogen) atoms. The van der Waals surface area contributed by atoms with E-state index in [9.17, 15) is 4.79 Å². The van der Waals surface area contributed by atoms with Crippen molar-refractivity contribution in [2.75, 3.05) is 0 Å². The summed E-state index contributed by atoms with van der Waals surface area (Å²) in [5, 5.41) is 6.94. The fourth-order valence-corrected chi connectivity index (χ4v) is 2.08. The number of hydrogen-bond acceptors (Lipinski definition) is 5. The van der Waals surface area contributed by atoms with Crippen LogP contribution in [0.5, 0.6) is 0 Å². The van der Waals surface area contributed by atoms with E-state index in [1.807, 2.05) is 33.8 Å². The van der Waals surface area contributed by atoms with Gasteiger partial charge in [0.15, 0.2) is 0 Å². The van der Waals surface area contributed by atoms with Crippen molar-refractivity contribution in [3.05, 3.63) is 17.5 Å². The van der Waals surface area contributed by atoms with Crippen molar-refractivity contribution in [1.29, 1.82) is 0 Å². The topological polar surface area (TPSA) is 90.4 Å². The largest absolute Gasteiger partial charge is 0.444 e. The summed E-state index contributed by atoms with van der Waals surface area (Å²) in [6.07, 6.45) is 0.923. The van der Waals surface area contributed by atoms with E-state index in [2.05, 4.69) is 24.3 Å². The zero-order chi connectivity index (χ0) is 16.9. The van der Waals surface area contributed by atoms with Crippen molar-refractivity contribution in [3.8, 4) is 0 Å². The highest BCUT2D eigenvalue weighted by atomic mass is 16.6. The van der Waals surface area contributed by atoms with Crippen molar-refractivity contribution >= 4 is 6.09 Å². The zero-order valence-corrected chi connectivity index (χ0v) is 14.5. The van der Waals surface area contributed by atoms with Crippen LogP contribution < -0.4 is 11.1 Å². The molecule has 0 aliphatic carbocycles. The Labute approximate surface area is 132 Å². The standard InChI is InChI=1S/C16H29N3O3/c1-10(2)7-13(18-15(20)21-16(4,5)6)14-9-12(22-19-14)8-11(3)17/h9-11,13H,7-8,17H2,1-6H3,(H,18,20). The molecule has 0 aliphatic rings. The molecule has 0 radical (unpaired) electrons. The lowest BCUT2D eigenvalue weighted by atomic mass is 10.0. The van der Waals surface area contributed by atoms with E-state index in [-0.39, 0.29) is 12.1 Å². The van der Waals surface area contributed by atoms with Crippen LogP contribution in [0, 0.1) is 5.92 Å². The summed E-state index contributed by atoms with van der Waals surface area (Å²) in [5.41, 5.74) is 5.94. The van der Waals surface area contributed by atoms with Gasteiger partial charge in [0, 0.05) is 18.5 Å². The normalized spacial score (nSPS) is 14.7. The Hall–Kier alpha value is -1.56. The summed E-state index contributed by atoms with van der Waals surface area (Å²) in [5.74, 6) is 1.12. The van der Waals surface area contributed by atoms with Crippen LogP contribution in [0.4, 0.5) is 4.79 Å². The van der Waals surface area contributed by atoms with E-state index in [1.54, 1.807) is 0 Å². The van der Waals surface area contributed by atoms with Gasteiger partial charge in [-0.2, -0.15) is 0 Å². The van der Waals surface area contributed by atoms with Crippen molar-refractivity contribution < 1.29 is 14.1 Å². The quantitative estimate of drug-likeness (QED) is 0.842. The first kappa shape index (κ1) is 18.5. The van der Waals surface area contributed by atoms with E-state index in [4.69, 9.17) is 15.0 Å². The minimum absolute atomic E-state index is 0.00293. The molecule has 0 aromatic carbocycles. The molecular formula is C16H29N3O3. The predicted molar refractivity (Wildman–Crippen MR) is 85.4 cm³/mol. The van der Waals surface area contributed by atoms with Gasteiger partial charge >= 0.3 is 6.09 Å². The lowest BCUT2D eigenvalue weighted by Gasteiger charge is -2.23. The zero-order valence-electron chi connectivity index (χ0n) is 14.5. The van der Waals surface area contributed by atoms with Crippen LogP contribution in [-0.4, -0.2) is 22.9 Å². The van der Waals surface area contributed by atoms with Gasteiger partial charge in [0.25, 0.3) is 0 Å². The average molecular weight is 311 g/mol. The molecule has 6 heteroatoms. The van der Waals surface area contributed by atoms with Gasteiger partial charge in [-0.3, -0.25) is 0 Å². The average Bonchev–Trinajstić information content (AvgIpc) is 2.72. The monoisotopic (exact) mass is 311 g/mol. The van der Waals surface area contributed by atoms with E-state index in [0.717, 1.165) is 12.2 Å². The van der Waals surface area contributed by atoms with Crippen molar-refractivity contribution in [1.82, 2.24) is 10.5 Å². The third-order valence-electron chi connectivity index (χ3n) is 2.86. The minimum atomic E-state index is -0.531. The number of hydrogen-bond donors (Lipinski definition) is 2. The highest BCUT2D eigenvalue weighted by Gasteiger charge is 2.23. The molecular weight excluding hydrogens is 282 g/mol. The highest BCUT2D eigenvalue weighted by molar-refractivity contribution is 5.68. The molecule has 0 aliphatic heterocycles. The second-order valence-electron chi connectivity index (χ2n) is 7.23. The molecule has 0 saturated heterocycles. The molecule has 1 aromatic rings. The molecule has 2 unspecified atom stereocenters. The minimum Gasteiger partial charge on any atom is -0.444 e. The molecule has 0 fully saturated rings. The lowest BCUT2D eigenvalue weighted by molar-refractivity contribution is 0.0496. The van der Waals surface area contributed by atoms with Crippen LogP contribution in [0.2, 0.25) is 0 Å². The maximum atomic E-state index is 12.0. The molecule has 2 atom stereocenters. The third-order valence-corrected chi connectivity index (χ3v) is 2.86. The van der Waals surface area contributed by atoms with Crippen molar-refractivity contribution in [3.63, 3.8) is 0 Å². The van der Waals surface area contributed by atoms with Gasteiger partial charge in [0.1, 0.15) is 17.1 Å². The molecule has 1 amide bonds. The summed E-state index contributed by atoms with van der Waals surface area (Å²) < 4.78 is 10.6. The maximum absolute atomic E-state index is 12.0. The van der Waals surface area contributed by atoms with Crippen LogP contribution in [0.15, 0.2) is 10.6 Å². The van der Waals surface area contributed by atoms with Gasteiger partial charge in [-0.05, 0) is 40.0 Å². The summed E-state index contributed by atoms with van der Waals surface area (Å²) >= 11 is 0. The summed E-state index contributed by atoms with van der Waals surface area (Å²) in [7, 11) is 0. The number of amides is 1. The third kappa shape index (κ3) is 6.93. The second-order valence-corrected chi connectivity index (χ2v) is 7.23. The number of nitrogens with zero attached hydrogens (tertiary/aromatic N) is 1.